The molecule has 6 nitrogen and oxygen atoms in total. The third-order valence-corrected chi connectivity index (χ3v) is 5.96. The van der Waals surface area contributed by atoms with Gasteiger partial charge in [-0.1, -0.05) is 18.2 Å². The maximum atomic E-state index is 12.6. The van der Waals surface area contributed by atoms with Crippen LogP contribution < -0.4 is 14.8 Å². The first-order valence-corrected chi connectivity index (χ1v) is 12.0. The van der Waals surface area contributed by atoms with Crippen molar-refractivity contribution in [2.45, 2.75) is 52.7 Å². The number of aryl methyl sites for hydroxylation is 2. The van der Waals surface area contributed by atoms with E-state index in [2.05, 4.69) is 41.1 Å². The standard InChI is InChI=1S/C28H34N2O4/c1-19(2)33-15-7-14-29-27(31)13-11-22-17-21-18-34-25-9-6-5-8-23(25)28(21)30(22)24-12-10-20(3)16-26(24)32-4/h5-6,8-10,12,16-17,19H,7,11,13-15,18H2,1-4H3,(H,29,31). The summed E-state index contributed by atoms with van der Waals surface area (Å²) >= 11 is 0. The Hall–Kier alpha value is -3.25. The summed E-state index contributed by atoms with van der Waals surface area (Å²) in [6, 6.07) is 16.5. The van der Waals surface area contributed by atoms with Crippen LogP contribution in [0.25, 0.3) is 16.9 Å². The third kappa shape index (κ3) is 5.28. The Morgan fingerprint density at radius 3 is 2.79 bits per heavy atom. The van der Waals surface area contributed by atoms with Gasteiger partial charge in [0, 0.05) is 36.4 Å². The van der Waals surface area contributed by atoms with Gasteiger partial charge in [-0.3, -0.25) is 4.79 Å². The molecular weight excluding hydrogens is 428 g/mol. The number of ether oxygens (including phenoxy) is 3. The summed E-state index contributed by atoms with van der Waals surface area (Å²) in [5.74, 6) is 1.72. The zero-order valence-corrected chi connectivity index (χ0v) is 20.5. The van der Waals surface area contributed by atoms with Crippen molar-refractivity contribution in [2.24, 2.45) is 0 Å². The van der Waals surface area contributed by atoms with Crippen LogP contribution in [0.3, 0.4) is 0 Å². The molecule has 2 heterocycles. The van der Waals surface area contributed by atoms with Crippen molar-refractivity contribution < 1.29 is 19.0 Å². The minimum absolute atomic E-state index is 0.0443. The average Bonchev–Trinajstić information content (AvgIpc) is 3.21. The molecule has 0 saturated carbocycles. The highest BCUT2D eigenvalue weighted by atomic mass is 16.5. The molecule has 4 rings (SSSR count). The predicted octanol–water partition coefficient (Wildman–Crippen LogP) is 5.22. The molecule has 1 aromatic heterocycles. The molecule has 34 heavy (non-hydrogen) atoms. The van der Waals surface area contributed by atoms with Crippen molar-refractivity contribution in [1.29, 1.82) is 0 Å². The zero-order valence-electron chi connectivity index (χ0n) is 20.5. The molecule has 180 valence electrons. The van der Waals surface area contributed by atoms with Gasteiger partial charge in [0.2, 0.25) is 5.91 Å². The van der Waals surface area contributed by atoms with E-state index in [-0.39, 0.29) is 12.0 Å². The van der Waals surface area contributed by atoms with Crippen LogP contribution in [0, 0.1) is 6.92 Å². The lowest BCUT2D eigenvalue weighted by Crippen LogP contribution is -2.26. The molecule has 0 radical (unpaired) electrons. The SMILES string of the molecule is COc1cc(C)ccc1-n1c(CCC(=O)NCCCOC(C)C)cc2c1-c1ccccc1OC2. The second kappa shape index (κ2) is 10.8. The van der Waals surface area contributed by atoms with E-state index in [1.807, 2.05) is 38.1 Å². The number of fused-ring (bicyclic) bond motifs is 3. The number of amides is 1. The lowest BCUT2D eigenvalue weighted by molar-refractivity contribution is -0.121. The number of methoxy groups -OCH3 is 1. The van der Waals surface area contributed by atoms with Crippen LogP contribution in [-0.2, 0) is 22.6 Å². The summed E-state index contributed by atoms with van der Waals surface area (Å²) in [7, 11) is 1.70. The molecule has 0 fully saturated rings. The van der Waals surface area contributed by atoms with Gasteiger partial charge in [0.05, 0.1) is 24.6 Å². The Balaban J connectivity index is 1.60. The molecule has 0 aliphatic carbocycles. The van der Waals surface area contributed by atoms with Crippen molar-refractivity contribution in [1.82, 2.24) is 9.88 Å². The fourth-order valence-electron chi connectivity index (χ4n) is 4.35. The third-order valence-electron chi connectivity index (χ3n) is 5.96. The van der Waals surface area contributed by atoms with E-state index in [0.717, 1.165) is 51.7 Å². The lowest BCUT2D eigenvalue weighted by atomic mass is 10.0. The van der Waals surface area contributed by atoms with E-state index in [4.69, 9.17) is 14.2 Å². The van der Waals surface area contributed by atoms with Gasteiger partial charge in [0.1, 0.15) is 18.1 Å². The number of aromatic nitrogens is 1. The summed E-state index contributed by atoms with van der Waals surface area (Å²) in [6.07, 6.45) is 2.04. The molecule has 0 bridgehead atoms. The predicted molar refractivity (Wildman–Crippen MR) is 134 cm³/mol. The Kier molecular flexibility index (Phi) is 7.58. The first-order chi connectivity index (χ1) is 16.5. The van der Waals surface area contributed by atoms with Gasteiger partial charge in [0.25, 0.3) is 0 Å². The quantitative estimate of drug-likeness (QED) is 0.420. The number of benzene rings is 2. The van der Waals surface area contributed by atoms with Crippen LogP contribution in [0.1, 0.15) is 43.5 Å². The minimum Gasteiger partial charge on any atom is -0.495 e. The Morgan fingerprint density at radius 1 is 1.18 bits per heavy atom. The first-order valence-electron chi connectivity index (χ1n) is 12.0. The van der Waals surface area contributed by atoms with E-state index >= 15 is 0 Å². The Morgan fingerprint density at radius 2 is 2.00 bits per heavy atom. The second-order valence-corrected chi connectivity index (χ2v) is 8.93. The van der Waals surface area contributed by atoms with Gasteiger partial charge in [-0.25, -0.2) is 0 Å². The van der Waals surface area contributed by atoms with Gasteiger partial charge in [-0.2, -0.15) is 0 Å². The molecule has 0 unspecified atom stereocenters. The smallest absolute Gasteiger partial charge is 0.220 e. The van der Waals surface area contributed by atoms with Gasteiger partial charge in [0.15, 0.2) is 0 Å². The highest BCUT2D eigenvalue weighted by Crippen LogP contribution is 2.42. The van der Waals surface area contributed by atoms with Gasteiger partial charge >= 0.3 is 0 Å². The number of carbonyl (C=O) groups excluding carboxylic acids is 1. The van der Waals surface area contributed by atoms with Gasteiger partial charge in [-0.15, -0.1) is 0 Å². The van der Waals surface area contributed by atoms with E-state index in [1.54, 1.807) is 7.11 Å². The van der Waals surface area contributed by atoms with Crippen molar-refractivity contribution in [3.63, 3.8) is 0 Å². The fourth-order valence-corrected chi connectivity index (χ4v) is 4.35. The second-order valence-electron chi connectivity index (χ2n) is 8.93. The highest BCUT2D eigenvalue weighted by Gasteiger charge is 2.26. The molecular formula is C28H34N2O4. The largest absolute Gasteiger partial charge is 0.495 e. The fraction of sp³-hybridized carbons (Fsp3) is 0.393. The average molecular weight is 463 g/mol. The summed E-state index contributed by atoms with van der Waals surface area (Å²) in [4.78, 5) is 12.6. The number of carbonyl (C=O) groups is 1. The first kappa shape index (κ1) is 23.9. The van der Waals surface area contributed by atoms with Crippen LogP contribution in [0.4, 0.5) is 0 Å². The van der Waals surface area contributed by atoms with Crippen molar-refractivity contribution in [3.05, 3.63) is 65.4 Å². The Labute approximate surface area is 201 Å². The Bertz CT molecular complexity index is 1150. The molecule has 0 atom stereocenters. The van der Waals surface area contributed by atoms with Crippen molar-refractivity contribution in [2.75, 3.05) is 20.3 Å². The van der Waals surface area contributed by atoms with Crippen LogP contribution in [-0.4, -0.2) is 36.8 Å². The molecule has 1 N–H and O–H groups in total. The zero-order chi connectivity index (χ0) is 24.1. The summed E-state index contributed by atoms with van der Waals surface area (Å²) < 4.78 is 19.6. The summed E-state index contributed by atoms with van der Waals surface area (Å²) in [5, 5.41) is 3.02. The van der Waals surface area contributed by atoms with Crippen LogP contribution in [0.5, 0.6) is 11.5 Å². The molecule has 0 spiro atoms. The summed E-state index contributed by atoms with van der Waals surface area (Å²) in [6.45, 7) is 7.86. The molecule has 1 aliphatic rings. The highest BCUT2D eigenvalue weighted by molar-refractivity contribution is 5.78. The van der Waals surface area contributed by atoms with E-state index < -0.39 is 0 Å². The van der Waals surface area contributed by atoms with Crippen LogP contribution in [0.2, 0.25) is 0 Å². The number of rotatable bonds is 10. The molecule has 0 saturated heterocycles. The van der Waals surface area contributed by atoms with E-state index in [1.165, 1.54) is 0 Å². The van der Waals surface area contributed by atoms with Gasteiger partial charge in [-0.05, 0) is 69.5 Å². The lowest BCUT2D eigenvalue weighted by Gasteiger charge is -2.22. The summed E-state index contributed by atoms with van der Waals surface area (Å²) in [5.41, 5.74) is 6.42. The molecule has 6 heteroatoms. The van der Waals surface area contributed by atoms with E-state index in [9.17, 15) is 4.79 Å². The number of hydrogen-bond acceptors (Lipinski definition) is 4. The van der Waals surface area contributed by atoms with Gasteiger partial charge < -0.3 is 24.1 Å². The van der Waals surface area contributed by atoms with Crippen molar-refractivity contribution in [3.8, 4) is 28.4 Å². The topological polar surface area (TPSA) is 61.7 Å². The van der Waals surface area contributed by atoms with Crippen LogP contribution >= 0.6 is 0 Å². The molecule has 1 aliphatic heterocycles. The molecule has 1 amide bonds. The monoisotopic (exact) mass is 462 g/mol. The van der Waals surface area contributed by atoms with E-state index in [0.29, 0.717) is 32.6 Å². The molecule has 2 aromatic carbocycles. The number of para-hydroxylation sites is 1. The minimum atomic E-state index is 0.0443. The number of nitrogens with one attached hydrogen (secondary N) is 1. The normalized spacial score (nSPS) is 12.1. The maximum Gasteiger partial charge on any atom is 0.220 e. The number of hydrogen-bond donors (Lipinski definition) is 1. The molecule has 3 aromatic rings. The maximum absolute atomic E-state index is 12.6. The number of nitrogens with zero attached hydrogens (tertiary/aromatic N) is 1. The van der Waals surface area contributed by atoms with Crippen molar-refractivity contribution >= 4 is 5.91 Å². The van der Waals surface area contributed by atoms with Crippen LogP contribution in [0.15, 0.2) is 48.5 Å².